The Morgan fingerprint density at radius 1 is 0.929 bits per heavy atom. The highest BCUT2D eigenvalue weighted by atomic mass is 79.9. The van der Waals surface area contributed by atoms with Crippen LogP contribution in [0.4, 0.5) is 5.69 Å². The zero-order chi connectivity index (χ0) is 29.6. The van der Waals surface area contributed by atoms with E-state index in [0.29, 0.717) is 31.5 Å². The van der Waals surface area contributed by atoms with E-state index < -0.39 is 6.04 Å². The van der Waals surface area contributed by atoms with Gasteiger partial charge in [0.1, 0.15) is 6.04 Å². The van der Waals surface area contributed by atoms with Crippen molar-refractivity contribution in [3.8, 4) is 0 Å². The molecule has 0 spiro atoms. The van der Waals surface area contributed by atoms with Crippen molar-refractivity contribution in [3.63, 3.8) is 0 Å². The summed E-state index contributed by atoms with van der Waals surface area (Å²) in [5.74, 6) is -0.305. The van der Waals surface area contributed by atoms with Gasteiger partial charge >= 0.3 is 0 Å². The van der Waals surface area contributed by atoms with Gasteiger partial charge in [0, 0.05) is 47.4 Å². The van der Waals surface area contributed by atoms with Crippen molar-refractivity contribution in [3.05, 3.63) is 112 Å². The summed E-state index contributed by atoms with van der Waals surface area (Å²) in [6, 6.07) is 28.7. The largest absolute Gasteiger partial charge is 0.352 e. The number of amides is 3. The molecule has 0 aliphatic carbocycles. The van der Waals surface area contributed by atoms with Gasteiger partial charge in [0.2, 0.25) is 11.8 Å². The van der Waals surface area contributed by atoms with Crippen LogP contribution < -0.4 is 10.2 Å². The lowest BCUT2D eigenvalue weighted by Gasteiger charge is -2.32. The van der Waals surface area contributed by atoms with Crippen LogP contribution in [-0.2, 0) is 22.6 Å². The van der Waals surface area contributed by atoms with Crippen LogP contribution >= 0.6 is 15.9 Å². The van der Waals surface area contributed by atoms with Gasteiger partial charge in [0.05, 0.1) is 5.69 Å². The van der Waals surface area contributed by atoms with Crippen LogP contribution in [0.25, 0.3) is 10.8 Å². The highest BCUT2D eigenvalue weighted by Crippen LogP contribution is 2.37. The van der Waals surface area contributed by atoms with Crippen molar-refractivity contribution in [2.24, 2.45) is 0 Å². The topological polar surface area (TPSA) is 69.7 Å². The van der Waals surface area contributed by atoms with Crippen molar-refractivity contribution in [2.45, 2.75) is 58.2 Å². The third kappa shape index (κ3) is 6.57. The summed E-state index contributed by atoms with van der Waals surface area (Å²) in [6.45, 7) is 4.73. The second-order valence-corrected chi connectivity index (χ2v) is 11.8. The predicted octanol–water partition coefficient (Wildman–Crippen LogP) is 6.90. The summed E-state index contributed by atoms with van der Waals surface area (Å²) in [5, 5.41) is 5.12. The van der Waals surface area contributed by atoms with Crippen molar-refractivity contribution in [1.29, 1.82) is 0 Å². The van der Waals surface area contributed by atoms with Crippen molar-refractivity contribution >= 4 is 50.1 Å². The first-order valence-corrected chi connectivity index (χ1v) is 15.4. The van der Waals surface area contributed by atoms with E-state index in [-0.39, 0.29) is 30.2 Å². The summed E-state index contributed by atoms with van der Waals surface area (Å²) in [5.41, 5.74) is 3.52. The Kier molecular flexibility index (Phi) is 9.38. The molecule has 1 aliphatic heterocycles. The number of nitrogens with zero attached hydrogens (tertiary/aromatic N) is 2. The normalized spacial score (nSPS) is 13.7. The van der Waals surface area contributed by atoms with Gasteiger partial charge in [-0.2, -0.15) is 0 Å². The SMILES string of the molecule is CC[C@H](C)NC(=O)[C@@H](Cc1ccccc1)N(Cc1cccc(Br)c1)C(=O)CCCN1C(=O)c2cccc3cccc1c23. The van der Waals surface area contributed by atoms with Gasteiger partial charge in [-0.3, -0.25) is 14.4 Å². The van der Waals surface area contributed by atoms with E-state index in [1.54, 1.807) is 9.80 Å². The van der Waals surface area contributed by atoms with Crippen LogP contribution in [0, 0.1) is 0 Å². The predicted molar refractivity (Wildman–Crippen MR) is 171 cm³/mol. The molecule has 0 aromatic heterocycles. The van der Waals surface area contributed by atoms with Crippen LogP contribution in [0.15, 0.2) is 95.5 Å². The lowest BCUT2D eigenvalue weighted by molar-refractivity contribution is -0.141. The Balaban J connectivity index is 1.38. The van der Waals surface area contributed by atoms with E-state index in [1.807, 2.05) is 105 Å². The summed E-state index contributed by atoms with van der Waals surface area (Å²) in [6.07, 6.45) is 1.90. The maximum atomic E-state index is 14.0. The molecule has 3 amide bonds. The molecule has 0 radical (unpaired) electrons. The number of nitrogens with one attached hydrogen (secondary N) is 1. The molecule has 0 fully saturated rings. The first-order chi connectivity index (χ1) is 20.4. The van der Waals surface area contributed by atoms with E-state index in [0.717, 1.165) is 38.5 Å². The second-order valence-electron chi connectivity index (χ2n) is 10.9. The molecule has 6 nitrogen and oxygen atoms in total. The third-order valence-electron chi connectivity index (χ3n) is 7.94. The first kappa shape index (κ1) is 29.5. The molecule has 1 heterocycles. The molecule has 4 aromatic rings. The molecule has 0 unspecified atom stereocenters. The van der Waals surface area contributed by atoms with Crippen molar-refractivity contribution in [1.82, 2.24) is 10.2 Å². The molecule has 0 saturated carbocycles. The molecular weight excluding hydrogens is 590 g/mol. The minimum Gasteiger partial charge on any atom is -0.352 e. The van der Waals surface area contributed by atoms with Gasteiger partial charge in [0.15, 0.2) is 0 Å². The number of hydrogen-bond donors (Lipinski definition) is 1. The lowest BCUT2D eigenvalue weighted by Crippen LogP contribution is -2.52. The molecule has 4 aromatic carbocycles. The summed E-state index contributed by atoms with van der Waals surface area (Å²) < 4.78 is 0.914. The summed E-state index contributed by atoms with van der Waals surface area (Å²) >= 11 is 3.54. The average molecular weight is 627 g/mol. The van der Waals surface area contributed by atoms with E-state index >= 15 is 0 Å². The fourth-order valence-electron chi connectivity index (χ4n) is 5.56. The van der Waals surface area contributed by atoms with Gasteiger partial charge in [0.25, 0.3) is 5.91 Å². The zero-order valence-corrected chi connectivity index (χ0v) is 25.6. The van der Waals surface area contributed by atoms with Crippen molar-refractivity contribution in [2.75, 3.05) is 11.4 Å². The molecule has 216 valence electrons. The van der Waals surface area contributed by atoms with Crippen LogP contribution in [0.3, 0.4) is 0 Å². The molecule has 0 bridgehead atoms. The Hall–Kier alpha value is -3.97. The third-order valence-corrected chi connectivity index (χ3v) is 8.43. The fraction of sp³-hybridized carbons (Fsp3) is 0.286. The van der Waals surface area contributed by atoms with Gasteiger partial charge in [-0.15, -0.1) is 0 Å². The number of benzene rings is 4. The minimum absolute atomic E-state index is 0.0101. The molecule has 42 heavy (non-hydrogen) atoms. The van der Waals surface area contributed by atoms with Crippen molar-refractivity contribution < 1.29 is 14.4 Å². The molecule has 1 N–H and O–H groups in total. The van der Waals surface area contributed by atoms with E-state index in [2.05, 4.69) is 21.2 Å². The zero-order valence-electron chi connectivity index (χ0n) is 24.1. The van der Waals surface area contributed by atoms with Gasteiger partial charge < -0.3 is 15.1 Å². The first-order valence-electron chi connectivity index (χ1n) is 14.6. The minimum atomic E-state index is -0.681. The number of hydrogen-bond acceptors (Lipinski definition) is 3. The highest BCUT2D eigenvalue weighted by molar-refractivity contribution is 9.10. The monoisotopic (exact) mass is 625 g/mol. The molecule has 0 saturated heterocycles. The highest BCUT2D eigenvalue weighted by Gasteiger charge is 2.32. The van der Waals surface area contributed by atoms with Gasteiger partial charge in [-0.05, 0) is 60.5 Å². The number of rotatable bonds is 12. The number of halogens is 1. The molecule has 7 heteroatoms. The maximum Gasteiger partial charge on any atom is 0.258 e. The maximum absolute atomic E-state index is 14.0. The average Bonchev–Trinajstić information content (AvgIpc) is 3.27. The van der Waals surface area contributed by atoms with E-state index in [1.165, 1.54) is 0 Å². The number of anilines is 1. The van der Waals surface area contributed by atoms with Crippen LogP contribution in [-0.4, -0.2) is 41.2 Å². The number of carbonyl (C=O) groups excluding carboxylic acids is 3. The van der Waals surface area contributed by atoms with Gasteiger partial charge in [-0.1, -0.05) is 89.6 Å². The van der Waals surface area contributed by atoms with E-state index in [4.69, 9.17) is 0 Å². The molecule has 5 rings (SSSR count). The molecule has 2 atom stereocenters. The summed E-state index contributed by atoms with van der Waals surface area (Å²) in [7, 11) is 0. The molecule has 1 aliphatic rings. The molecular formula is C35H36BrN3O3. The van der Waals surface area contributed by atoms with Crippen LogP contribution in [0.2, 0.25) is 0 Å². The standard InChI is InChI=1S/C35H36BrN3O3/c1-3-24(2)37-34(41)31(22-25-11-5-4-6-12-25)39(23-26-13-7-16-28(36)21-26)32(40)19-10-20-38-30-18-9-15-27-14-8-17-29(33(27)30)35(38)42/h4-9,11-18,21,24,31H,3,10,19-20,22-23H2,1-2H3,(H,37,41)/t24-,31+/m0/s1. The Morgan fingerprint density at radius 2 is 1.64 bits per heavy atom. The van der Waals surface area contributed by atoms with Crippen LogP contribution in [0.1, 0.15) is 54.6 Å². The second kappa shape index (κ2) is 13.3. The Labute approximate surface area is 255 Å². The van der Waals surface area contributed by atoms with E-state index in [9.17, 15) is 14.4 Å². The lowest BCUT2D eigenvalue weighted by atomic mass is 10.0. The summed E-state index contributed by atoms with van der Waals surface area (Å²) in [4.78, 5) is 44.5. The smallest absolute Gasteiger partial charge is 0.258 e. The number of carbonyl (C=O) groups is 3. The van der Waals surface area contributed by atoms with Crippen LogP contribution in [0.5, 0.6) is 0 Å². The van der Waals surface area contributed by atoms with Gasteiger partial charge in [-0.25, -0.2) is 0 Å². The fourth-order valence-corrected chi connectivity index (χ4v) is 6.01. The Morgan fingerprint density at radius 3 is 2.38 bits per heavy atom. The Bertz CT molecular complexity index is 1580. The quantitative estimate of drug-likeness (QED) is 0.186.